The first-order chi connectivity index (χ1) is 7.14. The quantitative estimate of drug-likeness (QED) is 0.680. The molecule has 0 heterocycles. The average molecular weight is 199 g/mol. The van der Waals surface area contributed by atoms with E-state index in [1.807, 2.05) is 18.2 Å². The van der Waals surface area contributed by atoms with Crippen molar-refractivity contribution in [2.75, 3.05) is 0 Å². The molecule has 0 aliphatic heterocycles. The molecule has 1 aromatic rings. The number of allylic oxidation sites excluding steroid dienone is 1. The van der Waals surface area contributed by atoms with E-state index in [2.05, 4.69) is 38.6 Å². The molecule has 0 N–H and O–H groups in total. The van der Waals surface area contributed by atoms with Crippen LogP contribution in [0.3, 0.4) is 0 Å². The molecule has 0 spiro atoms. The third kappa shape index (κ3) is 2.47. The second kappa shape index (κ2) is 4.79. The van der Waals surface area contributed by atoms with Crippen molar-refractivity contribution < 1.29 is 0 Å². The standard InChI is InChI=1S/C14H17N/c1-4-14(11-15,12(2)3)10-13-8-6-5-7-9-13/h4-9,12H,1,10H2,2-3H3. The second-order valence-electron chi connectivity index (χ2n) is 4.17. The van der Waals surface area contributed by atoms with Gasteiger partial charge in [-0.25, -0.2) is 0 Å². The topological polar surface area (TPSA) is 23.8 Å². The Morgan fingerprint density at radius 2 is 2.00 bits per heavy atom. The molecular weight excluding hydrogens is 182 g/mol. The van der Waals surface area contributed by atoms with Crippen molar-refractivity contribution in [3.63, 3.8) is 0 Å². The van der Waals surface area contributed by atoms with E-state index in [1.54, 1.807) is 6.08 Å². The van der Waals surface area contributed by atoms with Gasteiger partial charge < -0.3 is 0 Å². The minimum atomic E-state index is -0.443. The van der Waals surface area contributed by atoms with Gasteiger partial charge in [0.25, 0.3) is 0 Å². The molecule has 1 aromatic carbocycles. The highest BCUT2D eigenvalue weighted by molar-refractivity contribution is 5.23. The van der Waals surface area contributed by atoms with Crippen molar-refractivity contribution in [2.24, 2.45) is 11.3 Å². The zero-order chi connectivity index (χ0) is 11.3. The number of rotatable bonds is 4. The van der Waals surface area contributed by atoms with Crippen molar-refractivity contribution in [1.82, 2.24) is 0 Å². The lowest BCUT2D eigenvalue weighted by Gasteiger charge is -2.27. The van der Waals surface area contributed by atoms with Crippen LogP contribution in [0, 0.1) is 22.7 Å². The van der Waals surface area contributed by atoms with Gasteiger partial charge in [0.15, 0.2) is 0 Å². The van der Waals surface area contributed by atoms with Gasteiger partial charge in [-0.2, -0.15) is 5.26 Å². The number of hydrogen-bond donors (Lipinski definition) is 0. The zero-order valence-corrected chi connectivity index (χ0v) is 9.40. The minimum Gasteiger partial charge on any atom is -0.197 e. The van der Waals surface area contributed by atoms with Crippen molar-refractivity contribution in [2.45, 2.75) is 20.3 Å². The largest absolute Gasteiger partial charge is 0.197 e. The van der Waals surface area contributed by atoms with Crippen LogP contribution in [0.25, 0.3) is 0 Å². The summed E-state index contributed by atoms with van der Waals surface area (Å²) in [4.78, 5) is 0. The van der Waals surface area contributed by atoms with Gasteiger partial charge in [-0.3, -0.25) is 0 Å². The highest BCUT2D eigenvalue weighted by atomic mass is 14.4. The summed E-state index contributed by atoms with van der Waals surface area (Å²) in [7, 11) is 0. The summed E-state index contributed by atoms with van der Waals surface area (Å²) >= 11 is 0. The zero-order valence-electron chi connectivity index (χ0n) is 9.40. The van der Waals surface area contributed by atoms with Crippen LogP contribution in [0.5, 0.6) is 0 Å². The fourth-order valence-electron chi connectivity index (χ4n) is 1.66. The van der Waals surface area contributed by atoms with E-state index in [1.165, 1.54) is 5.56 Å². The van der Waals surface area contributed by atoms with E-state index in [0.717, 1.165) is 6.42 Å². The smallest absolute Gasteiger partial charge is 0.0813 e. The maximum Gasteiger partial charge on any atom is 0.0813 e. The van der Waals surface area contributed by atoms with E-state index < -0.39 is 5.41 Å². The van der Waals surface area contributed by atoms with Gasteiger partial charge in [0.05, 0.1) is 11.5 Å². The molecular formula is C14H17N. The Morgan fingerprint density at radius 1 is 1.40 bits per heavy atom. The van der Waals surface area contributed by atoms with Crippen LogP contribution < -0.4 is 0 Å². The molecule has 1 rings (SSSR count). The van der Waals surface area contributed by atoms with Crippen molar-refractivity contribution in [3.05, 3.63) is 48.6 Å². The highest BCUT2D eigenvalue weighted by Gasteiger charge is 2.30. The van der Waals surface area contributed by atoms with E-state index >= 15 is 0 Å². The Bertz CT molecular complexity index is 359. The Hall–Kier alpha value is -1.55. The summed E-state index contributed by atoms with van der Waals surface area (Å²) in [5.74, 6) is 0.278. The molecule has 0 radical (unpaired) electrons. The van der Waals surface area contributed by atoms with Crippen LogP contribution in [0.4, 0.5) is 0 Å². The average Bonchev–Trinajstić information content (AvgIpc) is 2.27. The van der Waals surface area contributed by atoms with E-state index in [-0.39, 0.29) is 5.92 Å². The molecule has 1 nitrogen and oxygen atoms in total. The molecule has 15 heavy (non-hydrogen) atoms. The first-order valence-corrected chi connectivity index (χ1v) is 5.23. The summed E-state index contributed by atoms with van der Waals surface area (Å²) in [5, 5.41) is 9.29. The molecule has 1 unspecified atom stereocenters. The summed E-state index contributed by atoms with van der Waals surface area (Å²) in [6, 6.07) is 12.5. The van der Waals surface area contributed by atoms with Crippen molar-refractivity contribution >= 4 is 0 Å². The van der Waals surface area contributed by atoms with Crippen LogP contribution in [0.15, 0.2) is 43.0 Å². The van der Waals surface area contributed by atoms with Crippen molar-refractivity contribution in [3.8, 4) is 6.07 Å². The van der Waals surface area contributed by atoms with Crippen LogP contribution >= 0.6 is 0 Å². The van der Waals surface area contributed by atoms with E-state index in [0.29, 0.717) is 0 Å². The lowest BCUT2D eigenvalue weighted by atomic mass is 9.74. The van der Waals surface area contributed by atoms with Crippen LogP contribution in [0.2, 0.25) is 0 Å². The fourth-order valence-corrected chi connectivity index (χ4v) is 1.66. The fraction of sp³-hybridized carbons (Fsp3) is 0.357. The predicted molar refractivity (Wildman–Crippen MR) is 63.2 cm³/mol. The lowest BCUT2D eigenvalue weighted by Crippen LogP contribution is -2.25. The number of benzene rings is 1. The molecule has 0 saturated heterocycles. The number of nitrogens with zero attached hydrogens (tertiary/aromatic N) is 1. The first kappa shape index (κ1) is 11.5. The summed E-state index contributed by atoms with van der Waals surface area (Å²) in [5.41, 5.74) is 0.745. The van der Waals surface area contributed by atoms with Crippen LogP contribution in [-0.4, -0.2) is 0 Å². The summed E-state index contributed by atoms with van der Waals surface area (Å²) < 4.78 is 0. The van der Waals surface area contributed by atoms with E-state index in [9.17, 15) is 5.26 Å². The molecule has 1 heteroatoms. The minimum absolute atomic E-state index is 0.278. The van der Waals surface area contributed by atoms with Gasteiger partial charge in [-0.05, 0) is 17.9 Å². The first-order valence-electron chi connectivity index (χ1n) is 5.23. The van der Waals surface area contributed by atoms with Gasteiger partial charge in [-0.15, -0.1) is 6.58 Å². The molecule has 0 aliphatic rings. The van der Waals surface area contributed by atoms with Crippen LogP contribution in [0.1, 0.15) is 19.4 Å². The summed E-state index contributed by atoms with van der Waals surface area (Å²) in [6.45, 7) is 7.93. The number of nitriles is 1. The Balaban J connectivity index is 2.95. The van der Waals surface area contributed by atoms with Gasteiger partial charge >= 0.3 is 0 Å². The number of hydrogen-bond acceptors (Lipinski definition) is 1. The SMILES string of the molecule is C=CC(C#N)(Cc1ccccc1)C(C)C. The lowest BCUT2D eigenvalue weighted by molar-refractivity contribution is 0.356. The highest BCUT2D eigenvalue weighted by Crippen LogP contribution is 2.32. The molecule has 0 aliphatic carbocycles. The van der Waals surface area contributed by atoms with Gasteiger partial charge in [-0.1, -0.05) is 50.3 Å². The molecule has 0 aromatic heterocycles. The maximum atomic E-state index is 9.29. The predicted octanol–water partition coefficient (Wildman–Crippen LogP) is 3.58. The summed E-state index contributed by atoms with van der Waals surface area (Å²) in [6.07, 6.45) is 2.52. The molecule has 0 amide bonds. The normalized spacial score (nSPS) is 14.3. The van der Waals surface area contributed by atoms with Crippen LogP contribution in [-0.2, 0) is 6.42 Å². The molecule has 0 bridgehead atoms. The Kier molecular flexibility index (Phi) is 3.68. The maximum absolute atomic E-state index is 9.29. The third-order valence-electron chi connectivity index (χ3n) is 2.94. The van der Waals surface area contributed by atoms with Gasteiger partial charge in [0, 0.05) is 0 Å². The van der Waals surface area contributed by atoms with Gasteiger partial charge in [0.2, 0.25) is 0 Å². The monoisotopic (exact) mass is 199 g/mol. The molecule has 1 atom stereocenters. The third-order valence-corrected chi connectivity index (χ3v) is 2.94. The molecule has 0 fully saturated rings. The van der Waals surface area contributed by atoms with Crippen molar-refractivity contribution in [1.29, 1.82) is 5.26 Å². The van der Waals surface area contributed by atoms with E-state index in [4.69, 9.17) is 0 Å². The molecule has 78 valence electrons. The Labute approximate surface area is 92.1 Å². The molecule has 0 saturated carbocycles. The Morgan fingerprint density at radius 3 is 2.40 bits per heavy atom. The second-order valence-corrected chi connectivity index (χ2v) is 4.17. The van der Waals surface area contributed by atoms with Gasteiger partial charge in [0.1, 0.15) is 0 Å².